The Morgan fingerprint density at radius 2 is 1.59 bits per heavy atom. The molecule has 0 radical (unpaired) electrons. The predicted molar refractivity (Wildman–Crippen MR) is 147 cm³/mol. The second kappa shape index (κ2) is 15.0. The normalized spacial score (nSPS) is 11.5. The molecule has 1 N–H and O–H groups in total. The minimum absolute atomic E-state index is 0.136. The maximum atomic E-state index is 13.7. The van der Waals surface area contributed by atoms with Gasteiger partial charge in [0.15, 0.2) is 0 Å². The Labute approximate surface area is 224 Å². The molecule has 3 aromatic carbocycles. The van der Waals surface area contributed by atoms with Crippen molar-refractivity contribution in [1.82, 2.24) is 10.2 Å². The molecular weight excluding hydrogens is 488 g/mol. The number of methoxy groups -OCH3 is 1. The van der Waals surface area contributed by atoms with E-state index in [1.807, 2.05) is 73.7 Å². The third kappa shape index (κ3) is 9.23. The smallest absolute Gasteiger partial charge is 0.243 e. The van der Waals surface area contributed by atoms with Gasteiger partial charge in [0.2, 0.25) is 11.8 Å². The SMILES string of the molecule is CCOCCCNC(=O)C(Cc1ccccc1)N(Cc1ccc(OC)cc1)C(=O)Cc1ccc(Cl)cc1. The lowest BCUT2D eigenvalue weighted by molar-refractivity contribution is -0.140. The van der Waals surface area contributed by atoms with E-state index in [-0.39, 0.29) is 18.2 Å². The molecule has 3 aromatic rings. The van der Waals surface area contributed by atoms with Crippen molar-refractivity contribution in [3.63, 3.8) is 0 Å². The van der Waals surface area contributed by atoms with Crippen LogP contribution in [-0.4, -0.2) is 49.6 Å². The summed E-state index contributed by atoms with van der Waals surface area (Å²) >= 11 is 6.04. The largest absolute Gasteiger partial charge is 0.497 e. The topological polar surface area (TPSA) is 67.9 Å². The van der Waals surface area contributed by atoms with Crippen LogP contribution < -0.4 is 10.1 Å². The minimum atomic E-state index is -0.684. The average Bonchev–Trinajstić information content (AvgIpc) is 2.92. The summed E-state index contributed by atoms with van der Waals surface area (Å²) in [4.78, 5) is 29.0. The third-order valence-corrected chi connectivity index (χ3v) is 6.27. The molecule has 0 spiro atoms. The van der Waals surface area contributed by atoms with Crippen LogP contribution in [0, 0.1) is 0 Å². The molecule has 7 heteroatoms. The van der Waals surface area contributed by atoms with Gasteiger partial charge in [0.25, 0.3) is 0 Å². The summed E-state index contributed by atoms with van der Waals surface area (Å²) in [6, 6.07) is 23.9. The van der Waals surface area contributed by atoms with Crippen molar-refractivity contribution in [2.45, 2.75) is 38.8 Å². The number of ether oxygens (including phenoxy) is 2. The van der Waals surface area contributed by atoms with Crippen molar-refractivity contribution < 1.29 is 19.1 Å². The standard InChI is InChI=1S/C30H35ClN2O4/c1-3-37-19-7-18-32-30(35)28(20-23-8-5-4-6-9-23)33(22-25-12-16-27(36-2)17-13-25)29(34)21-24-10-14-26(31)15-11-24/h4-6,8-17,28H,3,7,18-22H2,1-2H3,(H,32,35). The highest BCUT2D eigenvalue weighted by atomic mass is 35.5. The molecule has 0 aliphatic heterocycles. The lowest BCUT2D eigenvalue weighted by Gasteiger charge is -2.32. The molecule has 1 atom stereocenters. The van der Waals surface area contributed by atoms with Gasteiger partial charge in [-0.2, -0.15) is 0 Å². The molecule has 37 heavy (non-hydrogen) atoms. The zero-order valence-electron chi connectivity index (χ0n) is 21.5. The van der Waals surface area contributed by atoms with Crippen LogP contribution in [0.4, 0.5) is 0 Å². The number of hydrogen-bond acceptors (Lipinski definition) is 4. The molecule has 0 aliphatic rings. The van der Waals surface area contributed by atoms with E-state index in [1.165, 1.54) is 0 Å². The average molecular weight is 523 g/mol. The highest BCUT2D eigenvalue weighted by Gasteiger charge is 2.30. The van der Waals surface area contributed by atoms with E-state index in [4.69, 9.17) is 21.1 Å². The predicted octanol–water partition coefficient (Wildman–Crippen LogP) is 5.07. The van der Waals surface area contributed by atoms with Crippen LogP contribution in [0.5, 0.6) is 5.75 Å². The van der Waals surface area contributed by atoms with Gasteiger partial charge >= 0.3 is 0 Å². The number of halogens is 1. The number of nitrogens with one attached hydrogen (secondary N) is 1. The molecule has 3 rings (SSSR count). The van der Waals surface area contributed by atoms with Crippen LogP contribution in [0.25, 0.3) is 0 Å². The lowest BCUT2D eigenvalue weighted by Crippen LogP contribution is -2.51. The van der Waals surface area contributed by atoms with Gasteiger partial charge in [0.05, 0.1) is 13.5 Å². The number of hydrogen-bond donors (Lipinski definition) is 1. The molecule has 0 aliphatic carbocycles. The number of carbonyl (C=O) groups is 2. The summed E-state index contributed by atoms with van der Waals surface area (Å²) in [7, 11) is 1.61. The Morgan fingerprint density at radius 1 is 0.919 bits per heavy atom. The molecule has 0 aromatic heterocycles. The Morgan fingerprint density at radius 3 is 2.24 bits per heavy atom. The molecule has 0 heterocycles. The number of benzene rings is 3. The van der Waals surface area contributed by atoms with Crippen LogP contribution in [0.3, 0.4) is 0 Å². The van der Waals surface area contributed by atoms with Gasteiger partial charge in [-0.15, -0.1) is 0 Å². The first-order valence-electron chi connectivity index (χ1n) is 12.6. The van der Waals surface area contributed by atoms with Gasteiger partial charge in [0.1, 0.15) is 11.8 Å². The maximum absolute atomic E-state index is 13.7. The van der Waals surface area contributed by atoms with Gasteiger partial charge in [0, 0.05) is 37.7 Å². The van der Waals surface area contributed by atoms with Crippen molar-refractivity contribution in [1.29, 1.82) is 0 Å². The van der Waals surface area contributed by atoms with Crippen molar-refractivity contribution in [2.75, 3.05) is 26.9 Å². The fraction of sp³-hybridized carbons (Fsp3) is 0.333. The van der Waals surface area contributed by atoms with E-state index >= 15 is 0 Å². The number of nitrogens with zero attached hydrogens (tertiary/aromatic N) is 1. The third-order valence-electron chi connectivity index (χ3n) is 6.02. The quantitative estimate of drug-likeness (QED) is 0.300. The van der Waals surface area contributed by atoms with E-state index in [0.717, 1.165) is 22.4 Å². The first-order chi connectivity index (χ1) is 18.0. The summed E-state index contributed by atoms with van der Waals surface area (Å²) in [5.41, 5.74) is 2.73. The van der Waals surface area contributed by atoms with E-state index in [0.29, 0.717) is 44.2 Å². The van der Waals surface area contributed by atoms with Crippen LogP contribution in [0.15, 0.2) is 78.9 Å². The van der Waals surface area contributed by atoms with Gasteiger partial charge in [-0.3, -0.25) is 9.59 Å². The van der Waals surface area contributed by atoms with E-state index in [1.54, 1.807) is 24.1 Å². The Bertz CT molecular complexity index is 1100. The zero-order valence-corrected chi connectivity index (χ0v) is 22.2. The summed E-state index contributed by atoms with van der Waals surface area (Å²) in [5, 5.41) is 3.63. The van der Waals surface area contributed by atoms with Crippen LogP contribution in [0.1, 0.15) is 30.0 Å². The van der Waals surface area contributed by atoms with E-state index in [2.05, 4.69) is 5.32 Å². The van der Waals surface area contributed by atoms with Gasteiger partial charge in [-0.05, 0) is 54.3 Å². The Balaban J connectivity index is 1.88. The Hall–Kier alpha value is -3.35. The van der Waals surface area contributed by atoms with E-state index in [9.17, 15) is 9.59 Å². The molecule has 6 nitrogen and oxygen atoms in total. The number of carbonyl (C=O) groups excluding carboxylic acids is 2. The van der Waals surface area contributed by atoms with Gasteiger partial charge in [-0.25, -0.2) is 0 Å². The maximum Gasteiger partial charge on any atom is 0.243 e. The van der Waals surface area contributed by atoms with Crippen LogP contribution in [-0.2, 0) is 33.7 Å². The highest BCUT2D eigenvalue weighted by molar-refractivity contribution is 6.30. The number of amides is 2. The summed E-state index contributed by atoms with van der Waals surface area (Å²) in [6.45, 7) is 3.93. The van der Waals surface area contributed by atoms with Crippen molar-refractivity contribution >= 4 is 23.4 Å². The molecule has 0 saturated heterocycles. The minimum Gasteiger partial charge on any atom is -0.497 e. The Kier molecular flexibility index (Phi) is 11.5. The van der Waals surface area contributed by atoms with Crippen LogP contribution in [0.2, 0.25) is 5.02 Å². The van der Waals surface area contributed by atoms with Crippen LogP contribution >= 0.6 is 11.6 Å². The summed E-state index contributed by atoms with van der Waals surface area (Å²) in [5.74, 6) is 0.414. The zero-order chi connectivity index (χ0) is 26.5. The fourth-order valence-corrected chi connectivity index (χ4v) is 4.13. The molecule has 1 unspecified atom stereocenters. The van der Waals surface area contributed by atoms with E-state index < -0.39 is 6.04 Å². The van der Waals surface area contributed by atoms with Gasteiger partial charge in [-0.1, -0.05) is 66.2 Å². The monoisotopic (exact) mass is 522 g/mol. The fourth-order valence-electron chi connectivity index (χ4n) is 4.01. The summed E-state index contributed by atoms with van der Waals surface area (Å²) in [6.07, 6.45) is 1.27. The second-order valence-corrected chi connectivity index (χ2v) is 9.16. The molecular formula is C30H35ClN2O4. The van der Waals surface area contributed by atoms with Crippen molar-refractivity contribution in [3.8, 4) is 5.75 Å². The molecule has 0 bridgehead atoms. The highest BCUT2D eigenvalue weighted by Crippen LogP contribution is 2.19. The second-order valence-electron chi connectivity index (χ2n) is 8.72. The molecule has 0 fully saturated rings. The molecule has 0 saturated carbocycles. The lowest BCUT2D eigenvalue weighted by atomic mass is 10.0. The first-order valence-corrected chi connectivity index (χ1v) is 12.9. The summed E-state index contributed by atoms with van der Waals surface area (Å²) < 4.78 is 10.7. The van der Waals surface area contributed by atoms with Crippen molar-refractivity contribution in [3.05, 3.63) is 101 Å². The van der Waals surface area contributed by atoms with Crippen molar-refractivity contribution in [2.24, 2.45) is 0 Å². The van der Waals surface area contributed by atoms with Gasteiger partial charge < -0.3 is 19.7 Å². The number of rotatable bonds is 14. The first kappa shape index (κ1) is 28.2. The molecule has 196 valence electrons. The molecule has 2 amide bonds.